The molecule has 0 bridgehead atoms. The SMILES string of the molecule is CN(Cc1ccc(C#CCO)cc1)CC1CCCCC1. The van der Waals surface area contributed by atoms with E-state index in [9.17, 15) is 0 Å². The second kappa shape index (κ2) is 8.09. The van der Waals surface area contributed by atoms with Gasteiger partial charge in [0.2, 0.25) is 0 Å². The van der Waals surface area contributed by atoms with Crippen LogP contribution in [0.2, 0.25) is 0 Å². The standard InChI is InChI=1S/C18H25NO/c1-19(14-17-6-3-2-4-7-17)15-18-11-9-16(10-12-18)8-5-13-20/h9-12,17,20H,2-4,6-7,13-15H2,1H3. The van der Waals surface area contributed by atoms with E-state index in [4.69, 9.17) is 5.11 Å². The molecule has 1 aromatic rings. The smallest absolute Gasteiger partial charge is 0.104 e. The zero-order valence-electron chi connectivity index (χ0n) is 12.4. The molecule has 1 fully saturated rings. The Kier molecular flexibility index (Phi) is 6.11. The fourth-order valence-corrected chi connectivity index (χ4v) is 3.02. The summed E-state index contributed by atoms with van der Waals surface area (Å²) in [5.74, 6) is 6.49. The third-order valence-corrected chi connectivity index (χ3v) is 4.01. The Morgan fingerprint density at radius 1 is 1.15 bits per heavy atom. The molecule has 0 atom stereocenters. The predicted octanol–water partition coefficient (Wildman–Crippen LogP) is 3.04. The maximum atomic E-state index is 8.68. The van der Waals surface area contributed by atoms with Crippen LogP contribution in [0.15, 0.2) is 24.3 Å². The predicted molar refractivity (Wildman–Crippen MR) is 83.3 cm³/mol. The lowest BCUT2D eigenvalue weighted by Gasteiger charge is -2.27. The maximum Gasteiger partial charge on any atom is 0.104 e. The largest absolute Gasteiger partial charge is 0.384 e. The van der Waals surface area contributed by atoms with Crippen LogP contribution in [0.25, 0.3) is 0 Å². The van der Waals surface area contributed by atoms with Crippen LogP contribution < -0.4 is 0 Å². The molecule has 0 heterocycles. The molecule has 0 aliphatic heterocycles. The number of hydrogen-bond donors (Lipinski definition) is 1. The molecule has 1 saturated carbocycles. The summed E-state index contributed by atoms with van der Waals surface area (Å²) in [7, 11) is 2.22. The molecule has 1 aliphatic rings. The van der Waals surface area contributed by atoms with Crippen molar-refractivity contribution >= 4 is 0 Å². The van der Waals surface area contributed by atoms with Gasteiger partial charge < -0.3 is 10.0 Å². The molecule has 0 amide bonds. The third kappa shape index (κ3) is 5.00. The van der Waals surface area contributed by atoms with Crippen LogP contribution in [0.1, 0.15) is 43.2 Å². The van der Waals surface area contributed by atoms with E-state index in [0.29, 0.717) is 0 Å². The summed E-state index contributed by atoms with van der Waals surface area (Å²) in [6.07, 6.45) is 7.06. The number of hydrogen-bond acceptors (Lipinski definition) is 2. The van der Waals surface area contributed by atoms with E-state index in [2.05, 4.69) is 35.9 Å². The van der Waals surface area contributed by atoms with Gasteiger partial charge in [0, 0.05) is 18.7 Å². The first-order valence-electron chi connectivity index (χ1n) is 7.65. The van der Waals surface area contributed by atoms with E-state index >= 15 is 0 Å². The Balaban J connectivity index is 1.82. The van der Waals surface area contributed by atoms with Crippen molar-refractivity contribution in [3.63, 3.8) is 0 Å². The van der Waals surface area contributed by atoms with Gasteiger partial charge in [0.15, 0.2) is 0 Å². The molecule has 2 rings (SSSR count). The zero-order valence-corrected chi connectivity index (χ0v) is 12.4. The first kappa shape index (κ1) is 15.1. The fraction of sp³-hybridized carbons (Fsp3) is 0.556. The van der Waals surface area contributed by atoms with Crippen LogP contribution in [0.3, 0.4) is 0 Å². The Labute approximate surface area is 122 Å². The molecule has 0 saturated heterocycles. The van der Waals surface area contributed by atoms with Gasteiger partial charge in [-0.2, -0.15) is 0 Å². The number of rotatable bonds is 4. The second-order valence-electron chi connectivity index (χ2n) is 5.86. The van der Waals surface area contributed by atoms with Gasteiger partial charge in [0.25, 0.3) is 0 Å². The minimum absolute atomic E-state index is 0.0775. The normalized spacial score (nSPS) is 15.9. The molecule has 0 aromatic heterocycles. The van der Waals surface area contributed by atoms with Crippen molar-refractivity contribution in [3.05, 3.63) is 35.4 Å². The van der Waals surface area contributed by atoms with E-state index in [1.54, 1.807) is 0 Å². The average Bonchev–Trinajstić information content (AvgIpc) is 2.47. The molecule has 1 aromatic carbocycles. The van der Waals surface area contributed by atoms with Crippen molar-refractivity contribution in [3.8, 4) is 11.8 Å². The van der Waals surface area contributed by atoms with Crippen molar-refractivity contribution < 1.29 is 5.11 Å². The number of nitrogens with zero attached hydrogens (tertiary/aromatic N) is 1. The topological polar surface area (TPSA) is 23.5 Å². The lowest BCUT2D eigenvalue weighted by molar-refractivity contribution is 0.228. The fourth-order valence-electron chi connectivity index (χ4n) is 3.02. The van der Waals surface area contributed by atoms with Gasteiger partial charge in [-0.1, -0.05) is 43.2 Å². The summed E-state index contributed by atoms with van der Waals surface area (Å²) in [4.78, 5) is 2.43. The van der Waals surface area contributed by atoms with Gasteiger partial charge in [0.1, 0.15) is 6.61 Å². The van der Waals surface area contributed by atoms with Gasteiger partial charge in [-0.15, -0.1) is 0 Å². The summed E-state index contributed by atoms with van der Waals surface area (Å²) in [5.41, 5.74) is 2.30. The molecule has 0 radical (unpaired) electrons. The van der Waals surface area contributed by atoms with E-state index in [1.807, 2.05) is 12.1 Å². The van der Waals surface area contributed by atoms with Crippen molar-refractivity contribution in [2.24, 2.45) is 5.92 Å². The molecule has 0 unspecified atom stereocenters. The van der Waals surface area contributed by atoms with Gasteiger partial charge in [0.05, 0.1) is 0 Å². The third-order valence-electron chi connectivity index (χ3n) is 4.01. The van der Waals surface area contributed by atoms with E-state index in [0.717, 1.165) is 18.0 Å². The summed E-state index contributed by atoms with van der Waals surface area (Å²) >= 11 is 0. The first-order chi connectivity index (χ1) is 9.78. The molecule has 0 spiro atoms. The lowest BCUT2D eigenvalue weighted by atomic mass is 9.89. The minimum Gasteiger partial charge on any atom is -0.384 e. The highest BCUT2D eigenvalue weighted by Crippen LogP contribution is 2.24. The van der Waals surface area contributed by atoms with Gasteiger partial charge >= 0.3 is 0 Å². The Hall–Kier alpha value is -1.30. The van der Waals surface area contributed by atoms with Crippen molar-refractivity contribution in [1.82, 2.24) is 4.90 Å². The zero-order chi connectivity index (χ0) is 14.2. The van der Waals surface area contributed by atoms with Crippen LogP contribution >= 0.6 is 0 Å². The molecular formula is C18H25NO. The summed E-state index contributed by atoms with van der Waals surface area (Å²) in [5, 5.41) is 8.68. The first-order valence-corrected chi connectivity index (χ1v) is 7.65. The Bertz CT molecular complexity index is 449. The van der Waals surface area contributed by atoms with Crippen molar-refractivity contribution in [1.29, 1.82) is 0 Å². The van der Waals surface area contributed by atoms with E-state index in [-0.39, 0.29) is 6.61 Å². The van der Waals surface area contributed by atoms with Crippen LogP contribution in [0.5, 0.6) is 0 Å². The van der Waals surface area contributed by atoms with E-state index < -0.39 is 0 Å². The average molecular weight is 271 g/mol. The van der Waals surface area contributed by atoms with Crippen LogP contribution in [-0.4, -0.2) is 30.2 Å². The Morgan fingerprint density at radius 3 is 2.50 bits per heavy atom. The lowest BCUT2D eigenvalue weighted by Crippen LogP contribution is -2.26. The van der Waals surface area contributed by atoms with Crippen LogP contribution in [-0.2, 0) is 6.54 Å². The summed E-state index contributed by atoms with van der Waals surface area (Å²) in [6, 6.07) is 8.34. The van der Waals surface area contributed by atoms with Crippen molar-refractivity contribution in [2.45, 2.75) is 38.6 Å². The van der Waals surface area contributed by atoms with Crippen molar-refractivity contribution in [2.75, 3.05) is 20.2 Å². The maximum absolute atomic E-state index is 8.68. The molecule has 20 heavy (non-hydrogen) atoms. The molecule has 2 heteroatoms. The van der Waals surface area contributed by atoms with E-state index in [1.165, 1.54) is 44.2 Å². The number of benzene rings is 1. The molecule has 1 N–H and O–H groups in total. The highest BCUT2D eigenvalue weighted by Gasteiger charge is 2.15. The van der Waals surface area contributed by atoms with Crippen LogP contribution in [0.4, 0.5) is 0 Å². The minimum atomic E-state index is -0.0775. The quantitative estimate of drug-likeness (QED) is 0.851. The summed E-state index contributed by atoms with van der Waals surface area (Å²) < 4.78 is 0. The molecule has 108 valence electrons. The highest BCUT2D eigenvalue weighted by molar-refractivity contribution is 5.36. The monoisotopic (exact) mass is 271 g/mol. The van der Waals surface area contributed by atoms with Gasteiger partial charge in [-0.05, 0) is 43.5 Å². The molecular weight excluding hydrogens is 246 g/mol. The number of aliphatic hydroxyl groups excluding tert-OH is 1. The molecule has 1 aliphatic carbocycles. The summed E-state index contributed by atoms with van der Waals surface area (Å²) in [6.45, 7) is 2.14. The van der Waals surface area contributed by atoms with Crippen LogP contribution in [0, 0.1) is 17.8 Å². The Morgan fingerprint density at radius 2 is 1.85 bits per heavy atom. The molecule has 2 nitrogen and oxygen atoms in total. The van der Waals surface area contributed by atoms with Gasteiger partial charge in [-0.25, -0.2) is 0 Å². The van der Waals surface area contributed by atoms with Gasteiger partial charge in [-0.3, -0.25) is 0 Å². The second-order valence-corrected chi connectivity index (χ2v) is 5.86. The highest BCUT2D eigenvalue weighted by atomic mass is 16.2. The number of aliphatic hydroxyl groups is 1.